The number of hydrogen-bond donors (Lipinski definition) is 1. The fourth-order valence-electron chi connectivity index (χ4n) is 1.50. The summed E-state index contributed by atoms with van der Waals surface area (Å²) in [5, 5.41) is 0.342. The lowest BCUT2D eigenvalue weighted by atomic mass is 10.4. The van der Waals surface area contributed by atoms with Gasteiger partial charge in [0.1, 0.15) is 4.21 Å². The third kappa shape index (κ3) is 3.25. The average Bonchev–Trinajstić information content (AvgIpc) is 2.72. The number of nitrogens with zero attached hydrogens (tertiary/aromatic N) is 1. The molecule has 1 N–H and O–H groups in total. The minimum Gasteiger partial charge on any atom is -0.314 e. The summed E-state index contributed by atoms with van der Waals surface area (Å²) in [4.78, 5) is 11.5. The molecular formula is C11H10BrClN2O3S2. The van der Waals surface area contributed by atoms with E-state index in [4.69, 9.17) is 11.6 Å². The molecule has 5 nitrogen and oxygen atoms in total. The summed E-state index contributed by atoms with van der Waals surface area (Å²) in [6.07, 6.45) is 1.46. The molecule has 0 saturated heterocycles. The number of pyridine rings is 1. The summed E-state index contributed by atoms with van der Waals surface area (Å²) in [5.41, 5.74) is 0.143. The van der Waals surface area contributed by atoms with Gasteiger partial charge in [-0.3, -0.25) is 9.52 Å². The lowest BCUT2D eigenvalue weighted by molar-refractivity contribution is 0.603. The van der Waals surface area contributed by atoms with Crippen molar-refractivity contribution in [2.75, 3.05) is 4.72 Å². The van der Waals surface area contributed by atoms with Gasteiger partial charge in [-0.1, -0.05) is 11.6 Å². The molecule has 108 valence electrons. The zero-order valence-electron chi connectivity index (χ0n) is 10.3. The van der Waals surface area contributed by atoms with Crippen LogP contribution in [-0.2, 0) is 16.6 Å². The maximum atomic E-state index is 12.2. The Hall–Kier alpha value is -0.830. The number of aryl methyl sites for hydroxylation is 1. The van der Waals surface area contributed by atoms with Crippen LogP contribution < -0.4 is 10.3 Å². The second kappa shape index (κ2) is 5.88. The maximum Gasteiger partial charge on any atom is 0.271 e. The molecule has 9 heteroatoms. The van der Waals surface area contributed by atoms with E-state index in [1.807, 2.05) is 0 Å². The molecule has 0 fully saturated rings. The SMILES string of the molecule is CCn1cc(NS(=O)(=O)c2cc(Cl)c(Br)s2)ccc1=O. The van der Waals surface area contributed by atoms with Crippen molar-refractivity contribution in [3.05, 3.63) is 43.6 Å². The predicted molar refractivity (Wildman–Crippen MR) is 84.2 cm³/mol. The summed E-state index contributed by atoms with van der Waals surface area (Å²) in [6, 6.07) is 4.11. The van der Waals surface area contributed by atoms with Crippen molar-refractivity contribution in [3.8, 4) is 0 Å². The Kier molecular flexibility index (Phi) is 4.58. The highest BCUT2D eigenvalue weighted by molar-refractivity contribution is 9.11. The van der Waals surface area contributed by atoms with Gasteiger partial charge in [-0.15, -0.1) is 11.3 Å². The smallest absolute Gasteiger partial charge is 0.271 e. The molecule has 2 aromatic heterocycles. The number of aromatic nitrogens is 1. The van der Waals surface area contributed by atoms with Crippen molar-refractivity contribution in [2.45, 2.75) is 17.7 Å². The van der Waals surface area contributed by atoms with Crippen LogP contribution in [0.5, 0.6) is 0 Å². The summed E-state index contributed by atoms with van der Waals surface area (Å²) >= 11 is 10.0. The zero-order valence-corrected chi connectivity index (χ0v) is 14.2. The van der Waals surface area contributed by atoms with Crippen molar-refractivity contribution in [3.63, 3.8) is 0 Å². The first-order valence-electron chi connectivity index (χ1n) is 5.51. The van der Waals surface area contributed by atoms with Gasteiger partial charge in [-0.2, -0.15) is 0 Å². The van der Waals surface area contributed by atoms with E-state index in [0.717, 1.165) is 11.3 Å². The summed E-state index contributed by atoms with van der Waals surface area (Å²) in [6.45, 7) is 2.26. The van der Waals surface area contributed by atoms with Gasteiger partial charge in [0.25, 0.3) is 15.6 Å². The molecule has 2 aromatic rings. The quantitative estimate of drug-likeness (QED) is 0.861. The van der Waals surface area contributed by atoms with Gasteiger partial charge in [-0.05, 0) is 35.0 Å². The van der Waals surface area contributed by atoms with E-state index in [2.05, 4.69) is 20.7 Å². The molecule has 0 atom stereocenters. The fraction of sp³-hybridized carbons (Fsp3) is 0.182. The fourth-order valence-corrected chi connectivity index (χ4v) is 4.95. The highest BCUT2D eigenvalue weighted by Gasteiger charge is 2.19. The van der Waals surface area contributed by atoms with Crippen molar-refractivity contribution in [2.24, 2.45) is 0 Å². The lowest BCUT2D eigenvalue weighted by Crippen LogP contribution is -2.19. The van der Waals surface area contributed by atoms with E-state index < -0.39 is 10.0 Å². The molecule has 0 saturated carbocycles. The molecule has 0 amide bonds. The maximum absolute atomic E-state index is 12.2. The number of thiophene rings is 1. The zero-order chi connectivity index (χ0) is 14.9. The van der Waals surface area contributed by atoms with Gasteiger partial charge in [0.2, 0.25) is 0 Å². The van der Waals surface area contributed by atoms with Crippen LogP contribution in [0.15, 0.2) is 37.2 Å². The molecular weight excluding hydrogens is 388 g/mol. The van der Waals surface area contributed by atoms with Crippen LogP contribution in [0.25, 0.3) is 0 Å². The Balaban J connectivity index is 2.35. The highest BCUT2D eigenvalue weighted by Crippen LogP contribution is 2.35. The Labute approximate surface area is 133 Å². The summed E-state index contributed by atoms with van der Waals surface area (Å²) in [7, 11) is -3.71. The molecule has 2 rings (SSSR count). The first kappa shape index (κ1) is 15.6. The largest absolute Gasteiger partial charge is 0.314 e. The molecule has 0 aliphatic rings. The van der Waals surface area contributed by atoms with E-state index in [0.29, 0.717) is 21.0 Å². The van der Waals surface area contributed by atoms with Gasteiger partial charge >= 0.3 is 0 Å². The first-order valence-corrected chi connectivity index (χ1v) is 8.98. The second-order valence-corrected chi connectivity index (χ2v) is 8.52. The molecule has 0 radical (unpaired) electrons. The number of hydrogen-bond acceptors (Lipinski definition) is 4. The minimum absolute atomic E-state index is 0.101. The summed E-state index contributed by atoms with van der Waals surface area (Å²) in [5.74, 6) is 0. The monoisotopic (exact) mass is 396 g/mol. The highest BCUT2D eigenvalue weighted by atomic mass is 79.9. The predicted octanol–water partition coefficient (Wildman–Crippen LogP) is 3.15. The standard InChI is InChI=1S/C11H10BrClN2O3S2/c1-2-15-6-7(3-4-9(15)16)14-20(17,18)10-5-8(13)11(12)19-10/h3-6,14H,2H2,1H3. The topological polar surface area (TPSA) is 68.2 Å². The van der Waals surface area contributed by atoms with E-state index in [1.165, 1.54) is 29.0 Å². The number of anilines is 1. The van der Waals surface area contributed by atoms with Crippen molar-refractivity contribution in [1.82, 2.24) is 4.57 Å². The van der Waals surface area contributed by atoms with E-state index in [1.54, 1.807) is 6.92 Å². The van der Waals surface area contributed by atoms with Crippen LogP contribution in [0.4, 0.5) is 5.69 Å². The number of halogens is 2. The normalized spacial score (nSPS) is 11.6. The minimum atomic E-state index is -3.71. The molecule has 0 spiro atoms. The number of rotatable bonds is 4. The third-order valence-corrected chi connectivity index (χ3v) is 6.79. The van der Waals surface area contributed by atoms with Crippen LogP contribution in [0.1, 0.15) is 6.92 Å². The van der Waals surface area contributed by atoms with Gasteiger partial charge in [0.05, 0.1) is 14.5 Å². The Morgan fingerprint density at radius 1 is 1.45 bits per heavy atom. The number of sulfonamides is 1. The van der Waals surface area contributed by atoms with E-state index in [9.17, 15) is 13.2 Å². The third-order valence-electron chi connectivity index (χ3n) is 2.46. The van der Waals surface area contributed by atoms with Gasteiger partial charge in [-0.25, -0.2) is 8.42 Å². The van der Waals surface area contributed by atoms with Crippen molar-refractivity contribution in [1.29, 1.82) is 0 Å². The van der Waals surface area contributed by atoms with Crippen LogP contribution in [0.3, 0.4) is 0 Å². The van der Waals surface area contributed by atoms with Crippen LogP contribution in [0.2, 0.25) is 5.02 Å². The Bertz CT molecular complexity index is 779. The Morgan fingerprint density at radius 3 is 2.70 bits per heavy atom. The molecule has 20 heavy (non-hydrogen) atoms. The van der Waals surface area contributed by atoms with Crippen LogP contribution in [-0.4, -0.2) is 13.0 Å². The van der Waals surface area contributed by atoms with Crippen molar-refractivity contribution < 1.29 is 8.42 Å². The number of nitrogens with one attached hydrogen (secondary N) is 1. The first-order chi connectivity index (χ1) is 9.33. The second-order valence-electron chi connectivity index (χ2n) is 3.83. The van der Waals surface area contributed by atoms with E-state index >= 15 is 0 Å². The molecule has 0 aromatic carbocycles. The van der Waals surface area contributed by atoms with E-state index in [-0.39, 0.29) is 9.77 Å². The molecule has 0 aliphatic heterocycles. The average molecular weight is 398 g/mol. The molecule has 2 heterocycles. The van der Waals surface area contributed by atoms with Gasteiger partial charge < -0.3 is 4.57 Å². The molecule has 0 unspecified atom stereocenters. The molecule has 0 bridgehead atoms. The van der Waals surface area contributed by atoms with Gasteiger partial charge in [0.15, 0.2) is 0 Å². The van der Waals surface area contributed by atoms with Crippen molar-refractivity contribution >= 4 is 54.6 Å². The lowest BCUT2D eigenvalue weighted by Gasteiger charge is -2.08. The molecule has 0 aliphatic carbocycles. The Morgan fingerprint density at radius 2 is 2.15 bits per heavy atom. The van der Waals surface area contributed by atoms with Crippen LogP contribution >= 0.6 is 38.9 Å². The van der Waals surface area contributed by atoms with Gasteiger partial charge in [0, 0.05) is 18.8 Å². The van der Waals surface area contributed by atoms with Crippen LogP contribution in [0, 0.1) is 0 Å². The summed E-state index contributed by atoms with van der Waals surface area (Å²) < 4.78 is 28.9.